The van der Waals surface area contributed by atoms with Crippen LogP contribution in [-0.4, -0.2) is 48.4 Å². The lowest BCUT2D eigenvalue weighted by Gasteiger charge is -2.19. The van der Waals surface area contributed by atoms with Gasteiger partial charge in [0.05, 0.1) is 20.3 Å². The van der Waals surface area contributed by atoms with Crippen LogP contribution in [0.15, 0.2) is 6.07 Å². The molecule has 17 heavy (non-hydrogen) atoms. The van der Waals surface area contributed by atoms with Gasteiger partial charge in [0.25, 0.3) is 0 Å². The zero-order valence-corrected chi connectivity index (χ0v) is 10.0. The van der Waals surface area contributed by atoms with Gasteiger partial charge in [-0.05, 0) is 6.92 Å². The van der Waals surface area contributed by atoms with Gasteiger partial charge >= 0.3 is 5.97 Å². The topological polar surface area (TPSA) is 84.8 Å². The number of rotatable bonds is 6. The van der Waals surface area contributed by atoms with E-state index in [9.17, 15) is 4.79 Å². The maximum absolute atomic E-state index is 10.7. The standard InChI is InChI=1S/C10H15N3O4/c1-4-13(6-9(14)15)10-11-7(16-2)5-8(12-10)17-3/h5H,4,6H2,1-3H3,(H,14,15). The zero-order chi connectivity index (χ0) is 12.8. The molecule has 7 heteroatoms. The molecule has 94 valence electrons. The molecule has 0 radical (unpaired) electrons. The van der Waals surface area contributed by atoms with Crippen molar-refractivity contribution in [3.8, 4) is 11.8 Å². The van der Waals surface area contributed by atoms with Crippen molar-refractivity contribution in [3.63, 3.8) is 0 Å². The van der Waals surface area contributed by atoms with Gasteiger partial charge in [-0.25, -0.2) is 0 Å². The second-order valence-electron chi connectivity index (χ2n) is 3.16. The largest absolute Gasteiger partial charge is 0.481 e. The molecule has 0 spiro atoms. The number of carboxylic acid groups (broad SMARTS) is 1. The lowest BCUT2D eigenvalue weighted by molar-refractivity contribution is -0.135. The number of methoxy groups -OCH3 is 2. The lowest BCUT2D eigenvalue weighted by atomic mass is 10.5. The highest BCUT2D eigenvalue weighted by Crippen LogP contribution is 2.19. The molecule has 1 N–H and O–H groups in total. The first-order chi connectivity index (χ1) is 8.10. The Balaban J connectivity index is 3.04. The minimum absolute atomic E-state index is 0.174. The number of hydrogen-bond donors (Lipinski definition) is 1. The van der Waals surface area contributed by atoms with Gasteiger partial charge in [0.1, 0.15) is 6.54 Å². The zero-order valence-electron chi connectivity index (χ0n) is 10.0. The van der Waals surface area contributed by atoms with Gasteiger partial charge in [-0.15, -0.1) is 0 Å². The summed E-state index contributed by atoms with van der Waals surface area (Å²) < 4.78 is 9.98. The molecule has 0 amide bonds. The third kappa shape index (κ3) is 3.47. The highest BCUT2D eigenvalue weighted by atomic mass is 16.5. The predicted molar refractivity (Wildman–Crippen MR) is 60.7 cm³/mol. The summed E-state index contributed by atoms with van der Waals surface area (Å²) in [6.45, 7) is 2.12. The van der Waals surface area contributed by atoms with E-state index in [2.05, 4.69) is 9.97 Å². The minimum atomic E-state index is -0.947. The van der Waals surface area contributed by atoms with E-state index in [1.807, 2.05) is 6.92 Å². The SMILES string of the molecule is CCN(CC(=O)O)c1nc(OC)cc(OC)n1. The van der Waals surface area contributed by atoms with E-state index < -0.39 is 5.97 Å². The quantitative estimate of drug-likeness (QED) is 0.771. The van der Waals surface area contributed by atoms with E-state index in [4.69, 9.17) is 14.6 Å². The molecule has 1 aromatic heterocycles. The molecule has 7 nitrogen and oxygen atoms in total. The van der Waals surface area contributed by atoms with Crippen LogP contribution in [0, 0.1) is 0 Å². The van der Waals surface area contributed by atoms with Crippen molar-refractivity contribution in [1.82, 2.24) is 9.97 Å². The Morgan fingerprint density at radius 3 is 2.24 bits per heavy atom. The Hall–Kier alpha value is -2.05. The molecule has 0 saturated carbocycles. The van der Waals surface area contributed by atoms with Crippen molar-refractivity contribution in [1.29, 1.82) is 0 Å². The Morgan fingerprint density at radius 1 is 1.35 bits per heavy atom. The summed E-state index contributed by atoms with van der Waals surface area (Å²) in [5.41, 5.74) is 0. The third-order valence-corrected chi connectivity index (χ3v) is 2.08. The molecule has 0 atom stereocenters. The molecular weight excluding hydrogens is 226 g/mol. The molecule has 1 heterocycles. The summed E-state index contributed by atoms with van der Waals surface area (Å²) >= 11 is 0. The monoisotopic (exact) mass is 241 g/mol. The average molecular weight is 241 g/mol. The maximum atomic E-state index is 10.7. The van der Waals surface area contributed by atoms with E-state index in [-0.39, 0.29) is 12.5 Å². The summed E-state index contributed by atoms with van der Waals surface area (Å²) in [5, 5.41) is 8.77. The van der Waals surface area contributed by atoms with Gasteiger partial charge in [0, 0.05) is 6.54 Å². The van der Waals surface area contributed by atoms with Crippen LogP contribution in [0.3, 0.4) is 0 Å². The number of ether oxygens (including phenoxy) is 2. The maximum Gasteiger partial charge on any atom is 0.323 e. The summed E-state index contributed by atoms with van der Waals surface area (Å²) in [6, 6.07) is 1.53. The van der Waals surface area contributed by atoms with Crippen LogP contribution in [0.1, 0.15) is 6.92 Å². The second-order valence-corrected chi connectivity index (χ2v) is 3.16. The van der Waals surface area contributed by atoms with Crippen molar-refractivity contribution in [2.45, 2.75) is 6.92 Å². The number of nitrogens with zero attached hydrogens (tertiary/aromatic N) is 3. The molecule has 1 aromatic rings. The fraction of sp³-hybridized carbons (Fsp3) is 0.500. The first-order valence-corrected chi connectivity index (χ1v) is 5.04. The molecular formula is C10H15N3O4. The van der Waals surface area contributed by atoms with Gasteiger partial charge in [-0.3, -0.25) is 4.79 Å². The third-order valence-electron chi connectivity index (χ3n) is 2.08. The van der Waals surface area contributed by atoms with E-state index in [0.29, 0.717) is 18.3 Å². The summed E-state index contributed by atoms with van der Waals surface area (Å²) in [6.07, 6.45) is 0. The average Bonchev–Trinajstić information content (AvgIpc) is 2.34. The molecule has 0 aliphatic rings. The Morgan fingerprint density at radius 2 is 1.88 bits per heavy atom. The number of carbonyl (C=O) groups is 1. The highest BCUT2D eigenvalue weighted by Gasteiger charge is 2.14. The van der Waals surface area contributed by atoms with Gasteiger partial charge in [-0.2, -0.15) is 9.97 Å². The Kier molecular flexibility index (Phi) is 4.50. The van der Waals surface area contributed by atoms with E-state index in [1.165, 1.54) is 25.2 Å². The summed E-state index contributed by atoms with van der Waals surface area (Å²) in [5.74, 6) is -0.0188. The van der Waals surface area contributed by atoms with Gasteiger partial charge in [-0.1, -0.05) is 0 Å². The van der Waals surface area contributed by atoms with Crippen molar-refractivity contribution < 1.29 is 19.4 Å². The number of anilines is 1. The van der Waals surface area contributed by atoms with E-state index >= 15 is 0 Å². The van der Waals surface area contributed by atoms with Gasteiger partial charge in [0.15, 0.2) is 0 Å². The van der Waals surface area contributed by atoms with Gasteiger partial charge < -0.3 is 19.5 Å². The number of aliphatic carboxylic acids is 1. The number of likely N-dealkylation sites (N-methyl/N-ethyl adjacent to an activating group) is 1. The van der Waals surface area contributed by atoms with Crippen molar-refractivity contribution in [2.75, 3.05) is 32.2 Å². The van der Waals surface area contributed by atoms with Crippen molar-refractivity contribution in [2.24, 2.45) is 0 Å². The Bertz CT molecular complexity index is 375. The van der Waals surface area contributed by atoms with Crippen LogP contribution >= 0.6 is 0 Å². The number of aromatic nitrogens is 2. The van der Waals surface area contributed by atoms with E-state index in [0.717, 1.165) is 0 Å². The molecule has 0 saturated heterocycles. The molecule has 0 aliphatic heterocycles. The molecule has 0 aromatic carbocycles. The molecule has 0 unspecified atom stereocenters. The van der Waals surface area contributed by atoms with Crippen LogP contribution < -0.4 is 14.4 Å². The number of hydrogen-bond acceptors (Lipinski definition) is 6. The second kappa shape index (κ2) is 5.88. The minimum Gasteiger partial charge on any atom is -0.481 e. The van der Waals surface area contributed by atoms with Crippen molar-refractivity contribution >= 4 is 11.9 Å². The lowest BCUT2D eigenvalue weighted by Crippen LogP contribution is -2.31. The molecule has 0 bridgehead atoms. The summed E-state index contributed by atoms with van der Waals surface area (Å²) in [7, 11) is 2.94. The first kappa shape index (κ1) is 13.0. The molecule has 0 fully saturated rings. The van der Waals surface area contributed by atoms with Crippen LogP contribution in [0.25, 0.3) is 0 Å². The van der Waals surface area contributed by atoms with Gasteiger partial charge in [0.2, 0.25) is 17.7 Å². The Labute approximate surface area is 99.0 Å². The van der Waals surface area contributed by atoms with Crippen LogP contribution in [0.2, 0.25) is 0 Å². The fourth-order valence-electron chi connectivity index (χ4n) is 1.23. The van der Waals surface area contributed by atoms with Crippen LogP contribution in [0.4, 0.5) is 5.95 Å². The molecule has 1 rings (SSSR count). The predicted octanol–water partition coefficient (Wildman–Crippen LogP) is 0.405. The highest BCUT2D eigenvalue weighted by molar-refractivity contribution is 5.72. The number of carboxylic acids is 1. The van der Waals surface area contributed by atoms with Crippen LogP contribution in [0.5, 0.6) is 11.8 Å². The smallest absolute Gasteiger partial charge is 0.323 e. The van der Waals surface area contributed by atoms with Crippen molar-refractivity contribution in [3.05, 3.63) is 6.07 Å². The fourth-order valence-corrected chi connectivity index (χ4v) is 1.23. The van der Waals surface area contributed by atoms with E-state index in [1.54, 1.807) is 0 Å². The normalized spacial score (nSPS) is 9.82. The first-order valence-electron chi connectivity index (χ1n) is 5.04. The summed E-state index contributed by atoms with van der Waals surface area (Å²) in [4.78, 5) is 20.3. The van der Waals surface area contributed by atoms with Crippen LogP contribution in [-0.2, 0) is 4.79 Å². The molecule has 0 aliphatic carbocycles.